The van der Waals surface area contributed by atoms with Crippen LogP contribution >= 0.6 is 11.6 Å². The van der Waals surface area contributed by atoms with Crippen LogP contribution in [0.4, 0.5) is 5.69 Å². The van der Waals surface area contributed by atoms with Crippen molar-refractivity contribution in [2.45, 2.75) is 6.92 Å². The van der Waals surface area contributed by atoms with E-state index in [0.717, 1.165) is 5.56 Å². The third kappa shape index (κ3) is 4.51. The zero-order chi connectivity index (χ0) is 19.4. The molecule has 5 nitrogen and oxygen atoms in total. The van der Waals surface area contributed by atoms with Crippen LogP contribution in [0.15, 0.2) is 60.8 Å². The largest absolute Gasteiger partial charge is 0.322 e. The van der Waals surface area contributed by atoms with E-state index in [2.05, 4.69) is 10.4 Å². The molecule has 0 aliphatic heterocycles. The van der Waals surface area contributed by atoms with Gasteiger partial charge in [0.05, 0.1) is 21.8 Å². The molecule has 1 heterocycles. The summed E-state index contributed by atoms with van der Waals surface area (Å²) in [7, 11) is 1.78. The molecule has 0 aliphatic carbocycles. The fourth-order valence-electron chi connectivity index (χ4n) is 2.67. The first kappa shape index (κ1) is 18.6. The van der Waals surface area contributed by atoms with Gasteiger partial charge in [-0.05, 0) is 42.8 Å². The monoisotopic (exact) mass is 379 g/mol. The van der Waals surface area contributed by atoms with Crippen molar-refractivity contribution in [2.75, 3.05) is 5.32 Å². The molecule has 1 aromatic heterocycles. The number of nitrogens with zero attached hydrogens (tertiary/aromatic N) is 2. The Balaban J connectivity index is 1.74. The fourth-order valence-corrected chi connectivity index (χ4v) is 2.89. The molecule has 0 unspecified atom stereocenters. The number of aromatic nitrogens is 2. The van der Waals surface area contributed by atoms with Crippen LogP contribution in [0, 0.1) is 6.92 Å². The molecular formula is C21H18ClN3O2. The Kier molecular flexibility index (Phi) is 5.52. The van der Waals surface area contributed by atoms with Crippen molar-refractivity contribution in [3.8, 4) is 0 Å². The second-order valence-electron chi connectivity index (χ2n) is 6.06. The summed E-state index contributed by atoms with van der Waals surface area (Å²) in [5, 5.41) is 7.38. The highest BCUT2D eigenvalue weighted by atomic mass is 35.5. The van der Waals surface area contributed by atoms with Gasteiger partial charge in [-0.25, -0.2) is 0 Å². The molecular weight excluding hydrogens is 362 g/mol. The summed E-state index contributed by atoms with van der Waals surface area (Å²) >= 11 is 6.06. The van der Waals surface area contributed by atoms with Crippen molar-refractivity contribution in [3.63, 3.8) is 0 Å². The smallest absolute Gasteiger partial charge is 0.257 e. The molecule has 0 radical (unpaired) electrons. The highest BCUT2D eigenvalue weighted by molar-refractivity contribution is 6.34. The number of allylic oxidation sites excluding steroid dienone is 1. The number of ketones is 1. The molecule has 3 rings (SSSR count). The Morgan fingerprint density at radius 3 is 2.59 bits per heavy atom. The third-order valence-electron chi connectivity index (χ3n) is 3.97. The van der Waals surface area contributed by atoms with Gasteiger partial charge in [0.2, 0.25) is 0 Å². The number of hydrogen-bond acceptors (Lipinski definition) is 3. The number of aryl methyl sites for hydroxylation is 2. The maximum atomic E-state index is 12.4. The summed E-state index contributed by atoms with van der Waals surface area (Å²) in [6.07, 6.45) is 4.90. The maximum Gasteiger partial charge on any atom is 0.257 e. The topological polar surface area (TPSA) is 64.0 Å². The summed E-state index contributed by atoms with van der Waals surface area (Å²) in [5.41, 5.74) is 3.07. The van der Waals surface area contributed by atoms with Crippen LogP contribution in [0.1, 0.15) is 32.0 Å². The zero-order valence-corrected chi connectivity index (χ0v) is 15.7. The van der Waals surface area contributed by atoms with Crippen molar-refractivity contribution in [2.24, 2.45) is 7.05 Å². The van der Waals surface area contributed by atoms with Gasteiger partial charge in [-0.1, -0.05) is 41.9 Å². The number of carbonyl (C=O) groups excluding carboxylic acids is 2. The minimum atomic E-state index is -0.288. The third-order valence-corrected chi connectivity index (χ3v) is 4.30. The summed E-state index contributed by atoms with van der Waals surface area (Å²) in [6.45, 7) is 1.80. The summed E-state index contributed by atoms with van der Waals surface area (Å²) in [6, 6.07) is 14.1. The summed E-state index contributed by atoms with van der Waals surface area (Å²) < 4.78 is 1.61. The minimum Gasteiger partial charge on any atom is -0.322 e. The quantitative estimate of drug-likeness (QED) is 0.523. The average molecular weight is 380 g/mol. The van der Waals surface area contributed by atoms with Gasteiger partial charge >= 0.3 is 0 Å². The first-order valence-electron chi connectivity index (χ1n) is 8.32. The molecule has 0 fully saturated rings. The van der Waals surface area contributed by atoms with Crippen LogP contribution in [-0.4, -0.2) is 21.5 Å². The van der Waals surface area contributed by atoms with E-state index in [0.29, 0.717) is 27.5 Å². The predicted molar refractivity (Wildman–Crippen MR) is 107 cm³/mol. The summed E-state index contributed by atoms with van der Waals surface area (Å²) in [5.74, 6) is -0.408. The van der Waals surface area contributed by atoms with Crippen molar-refractivity contribution in [1.82, 2.24) is 9.78 Å². The van der Waals surface area contributed by atoms with Gasteiger partial charge in [0, 0.05) is 18.9 Å². The second-order valence-corrected chi connectivity index (χ2v) is 6.47. The van der Waals surface area contributed by atoms with Crippen molar-refractivity contribution < 1.29 is 9.59 Å². The van der Waals surface area contributed by atoms with Crippen LogP contribution in [0.2, 0.25) is 5.02 Å². The van der Waals surface area contributed by atoms with Crippen LogP contribution in [0.3, 0.4) is 0 Å². The molecule has 1 N–H and O–H groups in total. The van der Waals surface area contributed by atoms with E-state index in [9.17, 15) is 9.59 Å². The highest BCUT2D eigenvalue weighted by Gasteiger charge is 2.11. The molecule has 0 spiro atoms. The molecule has 1 amide bonds. The maximum absolute atomic E-state index is 12.4. The molecule has 136 valence electrons. The van der Waals surface area contributed by atoms with E-state index in [4.69, 9.17) is 11.6 Å². The lowest BCUT2D eigenvalue weighted by Crippen LogP contribution is -2.12. The molecule has 0 saturated carbocycles. The average Bonchev–Trinajstić information content (AvgIpc) is 2.98. The lowest BCUT2D eigenvalue weighted by molar-refractivity contribution is 0.102. The summed E-state index contributed by atoms with van der Waals surface area (Å²) in [4.78, 5) is 24.7. The highest BCUT2D eigenvalue weighted by Crippen LogP contribution is 2.18. The lowest BCUT2D eigenvalue weighted by Gasteiger charge is -2.07. The fraction of sp³-hybridized carbons (Fsp3) is 0.0952. The molecule has 0 atom stereocenters. The first-order chi connectivity index (χ1) is 12.9. The molecule has 6 heteroatoms. The number of benzene rings is 2. The number of amides is 1. The molecule has 0 saturated heterocycles. The Morgan fingerprint density at radius 2 is 1.89 bits per heavy atom. The van der Waals surface area contributed by atoms with Gasteiger partial charge < -0.3 is 5.32 Å². The van der Waals surface area contributed by atoms with Gasteiger partial charge in [0.1, 0.15) is 0 Å². The van der Waals surface area contributed by atoms with Gasteiger partial charge in [0.15, 0.2) is 5.78 Å². The van der Waals surface area contributed by atoms with Crippen LogP contribution in [0.25, 0.3) is 6.08 Å². The van der Waals surface area contributed by atoms with Crippen LogP contribution in [0.5, 0.6) is 0 Å². The number of anilines is 1. The molecule has 3 aromatic rings. The van der Waals surface area contributed by atoms with Crippen LogP contribution < -0.4 is 5.32 Å². The lowest BCUT2D eigenvalue weighted by atomic mass is 10.1. The van der Waals surface area contributed by atoms with Gasteiger partial charge in [0.25, 0.3) is 5.91 Å². The second kappa shape index (κ2) is 8.01. The zero-order valence-electron chi connectivity index (χ0n) is 14.9. The van der Waals surface area contributed by atoms with E-state index in [1.165, 1.54) is 6.08 Å². The SMILES string of the molecule is Cc1nn(C)cc1C(=O)/C=C/c1cccc(NC(=O)c2ccccc2Cl)c1. The standard InChI is InChI=1S/C21H18ClN3O2/c1-14-18(13-25(2)24-14)20(26)11-10-15-6-5-7-16(12-15)23-21(27)17-8-3-4-9-19(17)22/h3-13H,1-2H3,(H,23,27)/b11-10+. The Hall–Kier alpha value is -3.18. The van der Waals surface area contributed by atoms with E-state index in [-0.39, 0.29) is 11.7 Å². The predicted octanol–water partition coefficient (Wildman–Crippen LogP) is 4.53. The van der Waals surface area contributed by atoms with Gasteiger partial charge in [-0.3, -0.25) is 14.3 Å². The molecule has 0 bridgehead atoms. The van der Waals surface area contributed by atoms with Crippen LogP contribution in [-0.2, 0) is 7.05 Å². The number of nitrogens with one attached hydrogen (secondary N) is 1. The molecule has 27 heavy (non-hydrogen) atoms. The molecule has 2 aromatic carbocycles. The first-order valence-corrected chi connectivity index (χ1v) is 8.70. The van der Waals surface area contributed by atoms with Crippen molar-refractivity contribution in [1.29, 1.82) is 0 Å². The van der Waals surface area contributed by atoms with E-state index < -0.39 is 0 Å². The Morgan fingerprint density at radius 1 is 1.11 bits per heavy atom. The van der Waals surface area contributed by atoms with Crippen molar-refractivity contribution >= 4 is 35.1 Å². The number of rotatable bonds is 5. The number of carbonyl (C=O) groups is 2. The van der Waals surface area contributed by atoms with Crippen molar-refractivity contribution in [3.05, 3.63) is 88.2 Å². The van der Waals surface area contributed by atoms with E-state index in [1.807, 2.05) is 12.1 Å². The normalized spacial score (nSPS) is 10.9. The van der Waals surface area contributed by atoms with E-state index in [1.54, 1.807) is 67.3 Å². The van der Waals surface area contributed by atoms with Gasteiger partial charge in [-0.15, -0.1) is 0 Å². The Bertz CT molecular complexity index is 1040. The minimum absolute atomic E-state index is 0.119. The van der Waals surface area contributed by atoms with E-state index >= 15 is 0 Å². The van der Waals surface area contributed by atoms with Gasteiger partial charge in [-0.2, -0.15) is 5.10 Å². The number of halogens is 1. The molecule has 0 aliphatic rings. The Labute approximate surface area is 162 Å². The number of hydrogen-bond donors (Lipinski definition) is 1.